The molecule has 102 valence electrons. The van der Waals surface area contributed by atoms with E-state index in [1.54, 1.807) is 0 Å². The van der Waals surface area contributed by atoms with E-state index in [2.05, 4.69) is 18.7 Å². The van der Waals surface area contributed by atoms with Gasteiger partial charge in [-0.15, -0.1) is 0 Å². The van der Waals surface area contributed by atoms with Crippen LogP contribution in [0, 0.1) is 5.41 Å². The van der Waals surface area contributed by atoms with E-state index >= 15 is 0 Å². The highest BCUT2D eigenvalue weighted by molar-refractivity contribution is 4.88. The maximum atomic E-state index is 2.73. The van der Waals surface area contributed by atoms with E-state index in [1.165, 1.54) is 64.5 Å². The Labute approximate surface area is 109 Å². The van der Waals surface area contributed by atoms with Crippen molar-refractivity contribution in [2.24, 2.45) is 5.41 Å². The lowest BCUT2D eigenvalue weighted by Crippen LogP contribution is -2.41. The van der Waals surface area contributed by atoms with Crippen LogP contribution in [-0.2, 0) is 0 Å². The van der Waals surface area contributed by atoms with Crippen LogP contribution < -0.4 is 0 Å². The van der Waals surface area contributed by atoms with Crippen LogP contribution in [0.15, 0.2) is 0 Å². The highest BCUT2D eigenvalue weighted by Crippen LogP contribution is 2.42. The van der Waals surface area contributed by atoms with Crippen molar-refractivity contribution in [3.8, 4) is 0 Å². The third-order valence-electron chi connectivity index (χ3n) is 4.59. The normalized spacial score (nSPS) is 25.2. The molecule has 0 aromatic rings. The van der Waals surface area contributed by atoms with Gasteiger partial charge in [-0.2, -0.15) is 0 Å². The van der Waals surface area contributed by atoms with Gasteiger partial charge in [-0.05, 0) is 51.5 Å². The van der Waals surface area contributed by atoms with Crippen molar-refractivity contribution >= 4 is 0 Å². The number of likely N-dealkylation sites (tertiary alicyclic amines) is 1. The van der Waals surface area contributed by atoms with Crippen LogP contribution in [0.4, 0.5) is 0 Å². The molecule has 1 aliphatic heterocycles. The molecule has 0 aromatic carbocycles. The van der Waals surface area contributed by atoms with E-state index < -0.39 is 0 Å². The Bertz CT molecular complexity index is 192. The smallest absolute Gasteiger partial charge is 0.00407 e. The van der Waals surface area contributed by atoms with Crippen LogP contribution in [0.2, 0.25) is 0 Å². The molecule has 1 aliphatic carbocycles. The summed E-state index contributed by atoms with van der Waals surface area (Å²) in [6.07, 6.45) is 11.9. The Morgan fingerprint density at radius 2 is 1.35 bits per heavy atom. The number of hydrogen-bond donors (Lipinski definition) is 0. The van der Waals surface area contributed by atoms with Crippen molar-refractivity contribution < 1.29 is 0 Å². The van der Waals surface area contributed by atoms with Crippen LogP contribution in [0.25, 0.3) is 0 Å². The lowest BCUT2D eigenvalue weighted by atomic mass is 9.71. The lowest BCUT2D eigenvalue weighted by molar-refractivity contribution is 0.0959. The van der Waals surface area contributed by atoms with E-state index in [1.807, 2.05) is 13.8 Å². The Morgan fingerprint density at radius 1 is 0.824 bits per heavy atom. The Hall–Kier alpha value is -0.0400. The zero-order chi connectivity index (χ0) is 12.7. The molecule has 1 spiro atoms. The number of hydrogen-bond acceptors (Lipinski definition) is 1. The molecule has 0 unspecified atom stereocenters. The standard InChI is InChI=1S/C14H27N.C2H6/c1-13(2)15-11-7-6-10-14(12-15)8-4-3-5-9-14;1-2/h13H,3-12H2,1-2H3;1-2H3. The highest BCUT2D eigenvalue weighted by atomic mass is 15.2. The second-order valence-corrected chi connectivity index (χ2v) is 6.08. The van der Waals surface area contributed by atoms with Gasteiger partial charge >= 0.3 is 0 Å². The fourth-order valence-electron chi connectivity index (χ4n) is 3.55. The van der Waals surface area contributed by atoms with Gasteiger partial charge in [-0.3, -0.25) is 0 Å². The summed E-state index contributed by atoms with van der Waals surface area (Å²) in [6, 6.07) is 0.752. The average Bonchev–Trinajstić information content (AvgIpc) is 2.56. The van der Waals surface area contributed by atoms with E-state index in [0.29, 0.717) is 0 Å². The number of nitrogens with zero attached hydrogens (tertiary/aromatic N) is 1. The molecule has 0 radical (unpaired) electrons. The van der Waals surface area contributed by atoms with Gasteiger partial charge in [0.1, 0.15) is 0 Å². The summed E-state index contributed by atoms with van der Waals surface area (Å²) in [4.78, 5) is 2.73. The molecule has 0 N–H and O–H groups in total. The SMILES string of the molecule is CC.CC(C)N1CCCCC2(CCCCC2)C1. The third kappa shape index (κ3) is 4.28. The largest absolute Gasteiger partial charge is 0.300 e. The first kappa shape index (κ1) is 15.0. The van der Waals surface area contributed by atoms with Crippen LogP contribution in [0.5, 0.6) is 0 Å². The summed E-state index contributed by atoms with van der Waals surface area (Å²) in [7, 11) is 0. The van der Waals surface area contributed by atoms with Crippen molar-refractivity contribution in [2.45, 2.75) is 85.1 Å². The van der Waals surface area contributed by atoms with Gasteiger partial charge in [-0.25, -0.2) is 0 Å². The lowest BCUT2D eigenvalue weighted by Gasteiger charge is -2.40. The minimum Gasteiger partial charge on any atom is -0.300 e. The van der Waals surface area contributed by atoms with Gasteiger partial charge in [0.15, 0.2) is 0 Å². The van der Waals surface area contributed by atoms with E-state index in [-0.39, 0.29) is 0 Å². The van der Waals surface area contributed by atoms with Gasteiger partial charge < -0.3 is 4.90 Å². The minimum atomic E-state index is 0.721. The Morgan fingerprint density at radius 3 is 1.88 bits per heavy atom. The molecule has 2 fully saturated rings. The molecule has 2 rings (SSSR count). The molecule has 1 heterocycles. The fraction of sp³-hybridized carbons (Fsp3) is 1.00. The molecule has 17 heavy (non-hydrogen) atoms. The summed E-state index contributed by atoms with van der Waals surface area (Å²) < 4.78 is 0. The monoisotopic (exact) mass is 239 g/mol. The Balaban J connectivity index is 0.000000686. The van der Waals surface area contributed by atoms with Crippen LogP contribution in [0.3, 0.4) is 0 Å². The molecule has 1 saturated carbocycles. The topological polar surface area (TPSA) is 3.24 Å². The van der Waals surface area contributed by atoms with Gasteiger partial charge in [0.2, 0.25) is 0 Å². The first-order valence-corrected chi connectivity index (χ1v) is 7.96. The molecular formula is C16H33N. The first-order chi connectivity index (χ1) is 8.22. The molecular weight excluding hydrogens is 206 g/mol. The third-order valence-corrected chi connectivity index (χ3v) is 4.59. The first-order valence-electron chi connectivity index (χ1n) is 7.96. The van der Waals surface area contributed by atoms with E-state index in [0.717, 1.165) is 11.5 Å². The molecule has 1 saturated heterocycles. The second kappa shape index (κ2) is 7.41. The van der Waals surface area contributed by atoms with E-state index in [4.69, 9.17) is 0 Å². The molecule has 1 heteroatoms. The van der Waals surface area contributed by atoms with Crippen LogP contribution >= 0.6 is 0 Å². The zero-order valence-corrected chi connectivity index (χ0v) is 12.6. The molecule has 0 aromatic heterocycles. The summed E-state index contributed by atoms with van der Waals surface area (Å²) >= 11 is 0. The molecule has 1 nitrogen and oxygen atoms in total. The van der Waals surface area contributed by atoms with Crippen molar-refractivity contribution in [1.82, 2.24) is 4.90 Å². The van der Waals surface area contributed by atoms with Gasteiger partial charge in [-0.1, -0.05) is 39.5 Å². The summed E-state index contributed by atoms with van der Waals surface area (Å²) in [5, 5.41) is 0. The van der Waals surface area contributed by atoms with Crippen molar-refractivity contribution in [3.63, 3.8) is 0 Å². The summed E-state index contributed by atoms with van der Waals surface area (Å²) in [5.74, 6) is 0. The van der Waals surface area contributed by atoms with Gasteiger partial charge in [0, 0.05) is 12.6 Å². The average molecular weight is 239 g/mol. The summed E-state index contributed by atoms with van der Waals surface area (Å²) in [5.41, 5.74) is 0.721. The summed E-state index contributed by atoms with van der Waals surface area (Å²) in [6.45, 7) is 11.5. The minimum absolute atomic E-state index is 0.721. The zero-order valence-electron chi connectivity index (χ0n) is 12.6. The highest BCUT2D eigenvalue weighted by Gasteiger charge is 2.35. The van der Waals surface area contributed by atoms with Crippen molar-refractivity contribution in [2.75, 3.05) is 13.1 Å². The number of rotatable bonds is 1. The van der Waals surface area contributed by atoms with Crippen molar-refractivity contribution in [3.05, 3.63) is 0 Å². The molecule has 0 bridgehead atoms. The quantitative estimate of drug-likeness (QED) is 0.632. The Kier molecular flexibility index (Phi) is 6.54. The predicted octanol–water partition coefficient (Wildman–Crippen LogP) is 4.86. The van der Waals surface area contributed by atoms with Gasteiger partial charge in [0.25, 0.3) is 0 Å². The maximum absolute atomic E-state index is 2.73. The van der Waals surface area contributed by atoms with Crippen LogP contribution in [-0.4, -0.2) is 24.0 Å². The molecule has 2 aliphatic rings. The van der Waals surface area contributed by atoms with Crippen molar-refractivity contribution in [1.29, 1.82) is 0 Å². The van der Waals surface area contributed by atoms with E-state index in [9.17, 15) is 0 Å². The molecule has 0 atom stereocenters. The predicted molar refractivity (Wildman–Crippen MR) is 77.4 cm³/mol. The second-order valence-electron chi connectivity index (χ2n) is 6.08. The maximum Gasteiger partial charge on any atom is 0.00407 e. The van der Waals surface area contributed by atoms with Crippen LogP contribution in [0.1, 0.15) is 79.1 Å². The van der Waals surface area contributed by atoms with Gasteiger partial charge in [0.05, 0.1) is 0 Å². The molecule has 0 amide bonds. The fourth-order valence-corrected chi connectivity index (χ4v) is 3.55.